The molecular weight excluding hydrogens is 481 g/mol. The Balaban J connectivity index is 1.96. The number of aliphatic hydroxyl groups is 1. The summed E-state index contributed by atoms with van der Waals surface area (Å²) in [5.74, 6) is -1.77. The number of rotatable bonds is 5. The fourth-order valence-corrected chi connectivity index (χ4v) is 5.59. The van der Waals surface area contributed by atoms with Crippen LogP contribution in [0.25, 0.3) is 5.76 Å². The molecule has 0 bridgehead atoms. The molecule has 1 amide bonds. The number of carbonyl (C=O) groups is 2. The maximum absolute atomic E-state index is 13.3. The molecule has 1 aliphatic heterocycles. The van der Waals surface area contributed by atoms with E-state index < -0.39 is 23.5 Å². The van der Waals surface area contributed by atoms with Crippen molar-refractivity contribution in [3.05, 3.63) is 57.1 Å². The Kier molecular flexibility index (Phi) is 6.96. The Hall–Kier alpha value is -2.90. The number of carbonyl (C=O) groups excluding carboxylic acids is 2. The van der Waals surface area contributed by atoms with Crippen LogP contribution in [0, 0.1) is 0 Å². The molecule has 9 heteroatoms. The van der Waals surface area contributed by atoms with Crippen molar-refractivity contribution in [2.24, 2.45) is 0 Å². The zero-order chi connectivity index (χ0) is 24.6. The number of Topliss-reactive ketones (excluding diaryl/α,β-unsaturated/α-hetero) is 1. The first-order chi connectivity index (χ1) is 16.3. The van der Waals surface area contributed by atoms with E-state index >= 15 is 0 Å². The number of benzene rings is 2. The summed E-state index contributed by atoms with van der Waals surface area (Å²) in [7, 11) is 2.75. The Morgan fingerprint density at radius 2 is 1.71 bits per heavy atom. The van der Waals surface area contributed by atoms with Crippen LogP contribution in [0.4, 0.5) is 0 Å². The molecule has 2 aromatic rings. The third-order valence-electron chi connectivity index (χ3n) is 6.43. The first-order valence-corrected chi connectivity index (χ1v) is 11.7. The number of ether oxygens (including phenoxy) is 2. The summed E-state index contributed by atoms with van der Waals surface area (Å²) in [5, 5.41) is 21.7. The summed E-state index contributed by atoms with van der Waals surface area (Å²) in [6.45, 7) is 0. The predicted molar refractivity (Wildman–Crippen MR) is 129 cm³/mol. The number of hydrogen-bond donors (Lipinski definition) is 2. The molecule has 180 valence electrons. The number of aliphatic hydroxyl groups excluding tert-OH is 1. The highest BCUT2D eigenvalue weighted by Gasteiger charge is 2.49. The van der Waals surface area contributed by atoms with E-state index in [4.69, 9.17) is 32.7 Å². The van der Waals surface area contributed by atoms with Crippen LogP contribution in [0.5, 0.6) is 17.2 Å². The number of ketones is 1. The van der Waals surface area contributed by atoms with Crippen LogP contribution < -0.4 is 9.47 Å². The van der Waals surface area contributed by atoms with Crippen molar-refractivity contribution in [2.75, 3.05) is 14.2 Å². The Bertz CT molecular complexity index is 1170. The molecule has 4 rings (SSSR count). The average Bonchev–Trinajstić information content (AvgIpc) is 3.09. The van der Waals surface area contributed by atoms with Crippen LogP contribution in [0.2, 0.25) is 10.0 Å². The first kappa shape index (κ1) is 24.2. The number of phenols is 1. The van der Waals surface area contributed by atoms with Crippen LogP contribution >= 0.6 is 23.2 Å². The van der Waals surface area contributed by atoms with Crippen molar-refractivity contribution in [1.82, 2.24) is 4.90 Å². The van der Waals surface area contributed by atoms with Crippen molar-refractivity contribution in [1.29, 1.82) is 0 Å². The lowest BCUT2D eigenvalue weighted by atomic mass is 9.90. The molecule has 1 aliphatic carbocycles. The average molecular weight is 506 g/mol. The van der Waals surface area contributed by atoms with Gasteiger partial charge in [0.05, 0.1) is 36.4 Å². The summed E-state index contributed by atoms with van der Waals surface area (Å²) in [4.78, 5) is 28.1. The number of nitrogens with zero attached hydrogens (tertiary/aromatic N) is 1. The van der Waals surface area contributed by atoms with Gasteiger partial charge in [-0.25, -0.2) is 0 Å². The smallest absolute Gasteiger partial charge is 0.295 e. The number of likely N-dealkylation sites (tertiary alicyclic amines) is 1. The van der Waals surface area contributed by atoms with Gasteiger partial charge in [-0.1, -0.05) is 54.6 Å². The van der Waals surface area contributed by atoms with E-state index in [0.717, 1.165) is 32.1 Å². The largest absolute Gasteiger partial charge is 0.508 e. The van der Waals surface area contributed by atoms with E-state index in [1.165, 1.54) is 32.4 Å². The summed E-state index contributed by atoms with van der Waals surface area (Å²) in [5.41, 5.74) is 0.456. The SMILES string of the molecule is COc1c(Cl)cc(/C(O)=C2\C(=O)C(=O)N(C3CCCCC3)C2c2cccc(O)c2)c(OC)c1Cl. The van der Waals surface area contributed by atoms with Crippen LogP contribution in [-0.4, -0.2) is 47.1 Å². The second kappa shape index (κ2) is 9.76. The molecule has 7 nitrogen and oxygen atoms in total. The highest BCUT2D eigenvalue weighted by atomic mass is 35.5. The van der Waals surface area contributed by atoms with Gasteiger partial charge in [0.25, 0.3) is 11.7 Å². The van der Waals surface area contributed by atoms with Gasteiger partial charge in [-0.2, -0.15) is 0 Å². The van der Waals surface area contributed by atoms with Gasteiger partial charge in [0.15, 0.2) is 11.5 Å². The molecule has 1 saturated heterocycles. The zero-order valence-electron chi connectivity index (χ0n) is 18.8. The van der Waals surface area contributed by atoms with Gasteiger partial charge in [0, 0.05) is 6.04 Å². The van der Waals surface area contributed by atoms with Gasteiger partial charge < -0.3 is 24.6 Å². The number of aromatic hydroxyl groups is 1. The lowest BCUT2D eigenvalue weighted by Crippen LogP contribution is -2.40. The van der Waals surface area contributed by atoms with E-state index in [9.17, 15) is 19.8 Å². The maximum Gasteiger partial charge on any atom is 0.295 e. The standard InChI is InChI=1S/C25H25Cl2NO6/c1-33-23-16(12-17(26)24(34-2)19(23)27)21(30)18-20(13-7-6-10-15(29)11-13)28(25(32)22(18)31)14-8-4-3-5-9-14/h6-7,10-12,14,20,29-30H,3-5,8-9H2,1-2H3/b21-18+. The van der Waals surface area contributed by atoms with Gasteiger partial charge in [-0.05, 0) is 36.6 Å². The van der Waals surface area contributed by atoms with Crippen LogP contribution in [0.1, 0.15) is 49.3 Å². The monoisotopic (exact) mass is 505 g/mol. The van der Waals surface area contributed by atoms with Crippen molar-refractivity contribution in [3.8, 4) is 17.2 Å². The Labute approximate surface area is 207 Å². The van der Waals surface area contributed by atoms with Crippen molar-refractivity contribution >= 4 is 40.7 Å². The molecule has 1 atom stereocenters. The second-order valence-electron chi connectivity index (χ2n) is 8.38. The summed E-state index contributed by atoms with van der Waals surface area (Å²) in [6.07, 6.45) is 4.46. The van der Waals surface area contributed by atoms with Crippen LogP contribution in [0.3, 0.4) is 0 Å². The van der Waals surface area contributed by atoms with E-state index in [1.807, 2.05) is 0 Å². The molecule has 0 aromatic heterocycles. The lowest BCUT2D eigenvalue weighted by molar-refractivity contribution is -0.141. The molecule has 1 heterocycles. The molecule has 2 fully saturated rings. The number of hydrogen-bond acceptors (Lipinski definition) is 6. The highest BCUT2D eigenvalue weighted by molar-refractivity contribution is 6.47. The molecule has 0 spiro atoms. The van der Waals surface area contributed by atoms with Gasteiger partial charge in [0.2, 0.25) is 0 Å². The molecule has 0 radical (unpaired) electrons. The number of methoxy groups -OCH3 is 2. The number of halogens is 2. The minimum atomic E-state index is -0.889. The molecule has 2 N–H and O–H groups in total. The summed E-state index contributed by atoms with van der Waals surface area (Å²) in [6, 6.07) is 6.67. The number of phenolic OH excluding ortho intramolecular Hbond substituents is 1. The van der Waals surface area contributed by atoms with Crippen LogP contribution in [0.15, 0.2) is 35.9 Å². The van der Waals surface area contributed by atoms with E-state index in [2.05, 4.69) is 0 Å². The highest BCUT2D eigenvalue weighted by Crippen LogP contribution is 2.48. The van der Waals surface area contributed by atoms with E-state index in [-0.39, 0.29) is 44.5 Å². The van der Waals surface area contributed by atoms with Gasteiger partial charge >= 0.3 is 0 Å². The van der Waals surface area contributed by atoms with Crippen LogP contribution in [-0.2, 0) is 9.59 Å². The van der Waals surface area contributed by atoms with Gasteiger partial charge in [0.1, 0.15) is 16.5 Å². The fraction of sp³-hybridized carbons (Fsp3) is 0.360. The van der Waals surface area contributed by atoms with Crippen molar-refractivity contribution in [2.45, 2.75) is 44.2 Å². The number of amides is 1. The summed E-state index contributed by atoms with van der Waals surface area (Å²) >= 11 is 12.7. The van der Waals surface area contributed by atoms with E-state index in [1.54, 1.807) is 17.0 Å². The molecular formula is C25H25Cl2NO6. The molecule has 2 aromatic carbocycles. The topological polar surface area (TPSA) is 96.3 Å². The quantitative estimate of drug-likeness (QED) is 0.317. The Morgan fingerprint density at radius 3 is 2.32 bits per heavy atom. The lowest BCUT2D eigenvalue weighted by Gasteiger charge is -2.35. The fourth-order valence-electron chi connectivity index (χ4n) is 4.90. The Morgan fingerprint density at radius 1 is 1.03 bits per heavy atom. The normalized spacial score (nSPS) is 20.6. The third-order valence-corrected chi connectivity index (χ3v) is 7.05. The summed E-state index contributed by atoms with van der Waals surface area (Å²) < 4.78 is 10.6. The third kappa shape index (κ3) is 4.07. The van der Waals surface area contributed by atoms with Crippen molar-refractivity contribution < 1.29 is 29.3 Å². The molecule has 1 unspecified atom stereocenters. The minimum absolute atomic E-state index is 0.0140. The second-order valence-corrected chi connectivity index (χ2v) is 9.16. The minimum Gasteiger partial charge on any atom is -0.508 e. The molecule has 34 heavy (non-hydrogen) atoms. The van der Waals surface area contributed by atoms with Crippen molar-refractivity contribution in [3.63, 3.8) is 0 Å². The van der Waals surface area contributed by atoms with Gasteiger partial charge in [-0.3, -0.25) is 9.59 Å². The zero-order valence-corrected chi connectivity index (χ0v) is 20.3. The van der Waals surface area contributed by atoms with E-state index in [0.29, 0.717) is 5.56 Å². The molecule has 2 aliphatic rings. The first-order valence-electron chi connectivity index (χ1n) is 11.0. The predicted octanol–water partition coefficient (Wildman–Crippen LogP) is 5.47. The maximum atomic E-state index is 13.3. The molecule has 1 saturated carbocycles. The van der Waals surface area contributed by atoms with Gasteiger partial charge in [-0.15, -0.1) is 0 Å².